The number of hydrogen-bond acceptors (Lipinski definition) is 3. The molecule has 0 radical (unpaired) electrons. The van der Waals surface area contributed by atoms with Gasteiger partial charge in [0.2, 0.25) is 0 Å². The molecule has 1 aliphatic heterocycles. The van der Waals surface area contributed by atoms with Gasteiger partial charge in [-0.3, -0.25) is 4.79 Å². The van der Waals surface area contributed by atoms with Crippen LogP contribution in [0.15, 0.2) is 18.2 Å². The second-order valence-electron chi connectivity index (χ2n) is 4.98. The summed E-state index contributed by atoms with van der Waals surface area (Å²) in [5.41, 5.74) is 0.429. The van der Waals surface area contributed by atoms with Crippen LogP contribution < -0.4 is 4.74 Å². The van der Waals surface area contributed by atoms with Gasteiger partial charge in [-0.2, -0.15) is 13.2 Å². The highest BCUT2D eigenvalue weighted by Gasteiger charge is 2.29. The highest BCUT2D eigenvalue weighted by Crippen LogP contribution is 2.25. The minimum absolute atomic E-state index is 0.0221. The maximum Gasteiger partial charge on any atom is 0.422 e. The molecule has 1 aromatic rings. The standard InChI is InChI=1S/C14H15F3INO3/c1-9-7-19(4-5-21-9)13(20)10-2-3-12(11(18)6-10)22-8-14(15,16)17/h2-3,6,9H,4-5,7-8H2,1H3/t9-/m1/s1. The summed E-state index contributed by atoms with van der Waals surface area (Å²) in [6.45, 7) is 2.03. The Morgan fingerprint density at radius 2 is 2.23 bits per heavy atom. The smallest absolute Gasteiger partial charge is 0.422 e. The first-order valence-corrected chi connectivity index (χ1v) is 7.74. The average molecular weight is 429 g/mol. The number of halogens is 4. The summed E-state index contributed by atoms with van der Waals surface area (Å²) in [5.74, 6) is -0.0414. The third-order valence-corrected chi connectivity index (χ3v) is 3.94. The van der Waals surface area contributed by atoms with Gasteiger partial charge in [0.15, 0.2) is 6.61 Å². The second-order valence-corrected chi connectivity index (χ2v) is 6.14. The van der Waals surface area contributed by atoms with Crippen LogP contribution in [0.2, 0.25) is 0 Å². The van der Waals surface area contributed by atoms with E-state index in [0.29, 0.717) is 28.8 Å². The largest absolute Gasteiger partial charge is 0.483 e. The van der Waals surface area contributed by atoms with Gasteiger partial charge in [0.05, 0.1) is 16.3 Å². The van der Waals surface area contributed by atoms with Crippen LogP contribution in [0.25, 0.3) is 0 Å². The predicted octanol–water partition coefficient (Wildman–Crippen LogP) is 3.09. The van der Waals surface area contributed by atoms with Crippen molar-refractivity contribution in [3.63, 3.8) is 0 Å². The fourth-order valence-corrected chi connectivity index (χ4v) is 2.77. The Bertz CT molecular complexity index is 551. The summed E-state index contributed by atoms with van der Waals surface area (Å²) in [6.07, 6.45) is -4.41. The monoisotopic (exact) mass is 429 g/mol. The lowest BCUT2D eigenvalue weighted by molar-refractivity contribution is -0.153. The average Bonchev–Trinajstić information content (AvgIpc) is 2.44. The SMILES string of the molecule is C[C@@H]1CN(C(=O)c2ccc(OCC(F)(F)F)c(I)c2)CCO1. The molecule has 4 nitrogen and oxygen atoms in total. The molecule has 0 unspecified atom stereocenters. The zero-order valence-electron chi connectivity index (χ0n) is 11.8. The molecule has 1 atom stereocenters. The van der Waals surface area contributed by atoms with Crippen molar-refractivity contribution in [2.75, 3.05) is 26.3 Å². The Labute approximate surface area is 139 Å². The Morgan fingerprint density at radius 1 is 1.50 bits per heavy atom. The number of ether oxygens (including phenoxy) is 2. The summed E-state index contributed by atoms with van der Waals surface area (Å²) in [5, 5.41) is 0. The molecule has 0 N–H and O–H groups in total. The third kappa shape index (κ3) is 4.73. The topological polar surface area (TPSA) is 38.8 Å². The third-order valence-electron chi connectivity index (χ3n) is 3.10. The molecule has 0 saturated carbocycles. The van der Waals surface area contributed by atoms with Crippen molar-refractivity contribution < 1.29 is 27.4 Å². The zero-order valence-corrected chi connectivity index (χ0v) is 14.0. The summed E-state index contributed by atoms with van der Waals surface area (Å²) in [4.78, 5) is 14.0. The summed E-state index contributed by atoms with van der Waals surface area (Å²) >= 11 is 1.86. The first kappa shape index (κ1) is 17.3. The molecule has 0 spiro atoms. The van der Waals surface area contributed by atoms with Crippen LogP contribution in [0, 0.1) is 3.57 Å². The van der Waals surface area contributed by atoms with Crippen molar-refractivity contribution in [3.8, 4) is 5.75 Å². The summed E-state index contributed by atoms with van der Waals surface area (Å²) in [6, 6.07) is 4.41. The minimum Gasteiger partial charge on any atom is -0.483 e. The quantitative estimate of drug-likeness (QED) is 0.694. The molecule has 1 fully saturated rings. The van der Waals surface area contributed by atoms with Gasteiger partial charge in [0, 0.05) is 18.7 Å². The van der Waals surface area contributed by atoms with Crippen LogP contribution in [-0.4, -0.2) is 49.4 Å². The number of amides is 1. The number of carbonyl (C=O) groups is 1. The van der Waals surface area contributed by atoms with Crippen molar-refractivity contribution in [2.24, 2.45) is 0 Å². The maximum atomic E-state index is 12.4. The van der Waals surface area contributed by atoms with Gasteiger partial charge in [-0.1, -0.05) is 0 Å². The van der Waals surface area contributed by atoms with E-state index in [9.17, 15) is 18.0 Å². The van der Waals surface area contributed by atoms with Crippen LogP contribution >= 0.6 is 22.6 Å². The molecule has 0 aromatic heterocycles. The molecule has 22 heavy (non-hydrogen) atoms. The van der Waals surface area contributed by atoms with Gasteiger partial charge < -0.3 is 14.4 Å². The number of carbonyl (C=O) groups excluding carboxylic acids is 1. The van der Waals surface area contributed by atoms with Gasteiger partial charge >= 0.3 is 6.18 Å². The molecular formula is C14H15F3INO3. The van der Waals surface area contributed by atoms with Crippen LogP contribution in [0.5, 0.6) is 5.75 Å². The van der Waals surface area contributed by atoms with Crippen molar-refractivity contribution in [2.45, 2.75) is 19.2 Å². The van der Waals surface area contributed by atoms with Crippen LogP contribution in [0.3, 0.4) is 0 Å². The van der Waals surface area contributed by atoms with Gasteiger partial charge in [0.1, 0.15) is 5.75 Å². The van der Waals surface area contributed by atoms with Crippen molar-refractivity contribution in [3.05, 3.63) is 27.3 Å². The molecule has 1 aromatic carbocycles. The van der Waals surface area contributed by atoms with E-state index in [1.54, 1.807) is 4.90 Å². The van der Waals surface area contributed by atoms with E-state index in [-0.39, 0.29) is 17.8 Å². The van der Waals surface area contributed by atoms with Gasteiger partial charge in [0.25, 0.3) is 5.91 Å². The van der Waals surface area contributed by atoms with Crippen molar-refractivity contribution >= 4 is 28.5 Å². The Balaban J connectivity index is 2.06. The Hall–Kier alpha value is -1.03. The van der Waals surface area contributed by atoms with E-state index in [0.717, 1.165) is 0 Å². The molecule has 2 rings (SSSR count). The fraction of sp³-hybridized carbons (Fsp3) is 0.500. The molecule has 1 aliphatic rings. The fourth-order valence-electron chi connectivity index (χ4n) is 2.10. The van der Waals surface area contributed by atoms with E-state index in [1.165, 1.54) is 18.2 Å². The van der Waals surface area contributed by atoms with E-state index in [1.807, 2.05) is 29.5 Å². The lowest BCUT2D eigenvalue weighted by atomic mass is 10.1. The first-order valence-electron chi connectivity index (χ1n) is 6.66. The molecule has 1 amide bonds. The van der Waals surface area contributed by atoms with E-state index in [2.05, 4.69) is 0 Å². The highest BCUT2D eigenvalue weighted by atomic mass is 127. The molecule has 8 heteroatoms. The summed E-state index contributed by atoms with van der Waals surface area (Å²) < 4.78 is 47.0. The number of morpholine rings is 1. The van der Waals surface area contributed by atoms with E-state index < -0.39 is 12.8 Å². The number of hydrogen-bond donors (Lipinski definition) is 0. The maximum absolute atomic E-state index is 12.4. The highest BCUT2D eigenvalue weighted by molar-refractivity contribution is 14.1. The predicted molar refractivity (Wildman–Crippen MR) is 82.0 cm³/mol. The zero-order chi connectivity index (χ0) is 16.3. The van der Waals surface area contributed by atoms with Gasteiger partial charge in [-0.05, 0) is 47.7 Å². The molecular weight excluding hydrogens is 414 g/mol. The number of benzene rings is 1. The molecule has 1 heterocycles. The second kappa shape index (κ2) is 7.03. The minimum atomic E-state index is -4.39. The Kier molecular flexibility index (Phi) is 5.54. The van der Waals surface area contributed by atoms with Crippen LogP contribution in [0.4, 0.5) is 13.2 Å². The van der Waals surface area contributed by atoms with Crippen molar-refractivity contribution in [1.82, 2.24) is 4.90 Å². The summed E-state index contributed by atoms with van der Waals surface area (Å²) in [7, 11) is 0. The number of nitrogens with zero attached hydrogens (tertiary/aromatic N) is 1. The van der Waals surface area contributed by atoms with Gasteiger partial charge in [-0.15, -0.1) is 0 Å². The van der Waals surface area contributed by atoms with E-state index >= 15 is 0 Å². The molecule has 0 bridgehead atoms. The van der Waals surface area contributed by atoms with Crippen LogP contribution in [0.1, 0.15) is 17.3 Å². The number of alkyl halides is 3. The number of rotatable bonds is 3. The Morgan fingerprint density at radius 3 is 2.82 bits per heavy atom. The lowest BCUT2D eigenvalue weighted by Crippen LogP contribution is -2.44. The van der Waals surface area contributed by atoms with E-state index in [4.69, 9.17) is 9.47 Å². The molecule has 1 saturated heterocycles. The van der Waals surface area contributed by atoms with Crippen molar-refractivity contribution in [1.29, 1.82) is 0 Å². The van der Waals surface area contributed by atoms with Crippen LogP contribution in [-0.2, 0) is 4.74 Å². The first-order chi connectivity index (χ1) is 10.3. The molecule has 0 aliphatic carbocycles. The lowest BCUT2D eigenvalue weighted by Gasteiger charge is -2.31. The van der Waals surface area contributed by atoms with Gasteiger partial charge in [-0.25, -0.2) is 0 Å². The molecule has 122 valence electrons. The normalized spacial score (nSPS) is 19.1.